The fraction of sp³-hybridized carbons (Fsp3) is 0.300. The summed E-state index contributed by atoms with van der Waals surface area (Å²) >= 11 is 0. The zero-order chi connectivity index (χ0) is 21.5. The smallest absolute Gasteiger partial charge is 0.261 e. The Balaban J connectivity index is 1.38. The van der Waals surface area contributed by atoms with Crippen LogP contribution in [0.1, 0.15) is 11.5 Å². The van der Waals surface area contributed by atoms with E-state index in [-0.39, 0.29) is 29.6 Å². The van der Waals surface area contributed by atoms with Crippen molar-refractivity contribution >= 4 is 15.9 Å². The lowest BCUT2D eigenvalue weighted by Crippen LogP contribution is -2.52. The van der Waals surface area contributed by atoms with Crippen LogP contribution < -0.4 is 0 Å². The Morgan fingerprint density at radius 1 is 1.07 bits per heavy atom. The van der Waals surface area contributed by atoms with Crippen molar-refractivity contribution in [2.24, 2.45) is 0 Å². The molecule has 2 saturated heterocycles. The highest BCUT2D eigenvalue weighted by atomic mass is 32.2. The van der Waals surface area contributed by atoms with Crippen LogP contribution in [0.4, 0.5) is 8.78 Å². The highest BCUT2D eigenvalue weighted by molar-refractivity contribution is 7.89. The van der Waals surface area contributed by atoms with E-state index in [4.69, 9.17) is 0 Å². The van der Waals surface area contributed by atoms with Crippen molar-refractivity contribution in [2.45, 2.75) is 10.9 Å². The van der Waals surface area contributed by atoms with E-state index in [1.54, 1.807) is 12.1 Å². The molecule has 2 aromatic rings. The molecular weight excluding hydrogens is 416 g/mol. The number of carbonyl (C=O) groups excluding carboxylic acids is 1. The van der Waals surface area contributed by atoms with Gasteiger partial charge in [0.15, 0.2) is 16.7 Å². The van der Waals surface area contributed by atoms with Gasteiger partial charge in [0.1, 0.15) is 0 Å². The third-order valence-corrected chi connectivity index (χ3v) is 7.09. The van der Waals surface area contributed by atoms with E-state index in [0.717, 1.165) is 23.3 Å². The molecule has 10 heteroatoms. The van der Waals surface area contributed by atoms with Gasteiger partial charge in [-0.2, -0.15) is 4.31 Å². The summed E-state index contributed by atoms with van der Waals surface area (Å²) in [6.07, 6.45) is 1.42. The van der Waals surface area contributed by atoms with Gasteiger partial charge in [0.2, 0.25) is 5.91 Å². The Morgan fingerprint density at radius 2 is 1.77 bits per heavy atom. The molecular formula is C20H19F2N3O4S. The van der Waals surface area contributed by atoms with E-state index in [1.807, 2.05) is 0 Å². The number of sulfonamides is 1. The topological polar surface area (TPSA) is 90.8 Å². The van der Waals surface area contributed by atoms with E-state index < -0.39 is 34.2 Å². The minimum absolute atomic E-state index is 0.00298. The first-order valence-corrected chi connectivity index (χ1v) is 10.7. The van der Waals surface area contributed by atoms with Crippen LogP contribution in [0.15, 0.2) is 58.8 Å². The standard InChI is InChI=1S/C20H19F2N3O4S/c21-17-5-4-13(7-18(17)22)16(12-26)20(27)24-8-14(9-24)15-10-25(11-15)30(28,29)19-3-1-2-6-23-19/h1-7,16,26H,8-12H2. The molecule has 1 atom stereocenters. The molecule has 1 N–H and O–H groups in total. The number of rotatable bonds is 5. The highest BCUT2D eigenvalue weighted by Crippen LogP contribution is 2.31. The maximum absolute atomic E-state index is 13.5. The summed E-state index contributed by atoms with van der Waals surface area (Å²) in [6, 6.07) is 7.82. The van der Waals surface area contributed by atoms with Crippen molar-refractivity contribution in [2.75, 3.05) is 32.8 Å². The second kappa shape index (κ2) is 7.86. The summed E-state index contributed by atoms with van der Waals surface area (Å²) in [5, 5.41) is 9.59. The molecule has 0 radical (unpaired) electrons. The Bertz CT molecular complexity index is 1110. The summed E-state index contributed by atoms with van der Waals surface area (Å²) < 4.78 is 52.9. The Kier molecular flexibility index (Phi) is 5.39. The van der Waals surface area contributed by atoms with E-state index in [2.05, 4.69) is 4.98 Å². The molecule has 158 valence electrons. The maximum Gasteiger partial charge on any atom is 0.261 e. The van der Waals surface area contributed by atoms with Crippen LogP contribution in [-0.4, -0.2) is 66.4 Å². The minimum Gasteiger partial charge on any atom is -0.395 e. The number of hydrogen-bond donors (Lipinski definition) is 1. The average molecular weight is 435 g/mol. The van der Waals surface area contributed by atoms with Crippen LogP contribution in [0, 0.1) is 11.6 Å². The minimum atomic E-state index is -3.64. The molecule has 1 unspecified atom stereocenters. The van der Waals surface area contributed by atoms with E-state index >= 15 is 0 Å². The van der Waals surface area contributed by atoms with Gasteiger partial charge in [0, 0.05) is 32.4 Å². The highest BCUT2D eigenvalue weighted by Gasteiger charge is 2.39. The third-order valence-electron chi connectivity index (χ3n) is 5.38. The molecule has 0 aliphatic carbocycles. The number of halogens is 2. The number of amides is 1. The second-order valence-corrected chi connectivity index (χ2v) is 9.14. The molecule has 0 saturated carbocycles. The molecule has 2 fully saturated rings. The van der Waals surface area contributed by atoms with Crippen molar-refractivity contribution in [3.8, 4) is 0 Å². The van der Waals surface area contributed by atoms with Crippen molar-refractivity contribution < 1.29 is 27.1 Å². The van der Waals surface area contributed by atoms with Crippen LogP contribution in [0.2, 0.25) is 0 Å². The predicted octanol–water partition coefficient (Wildman–Crippen LogP) is 1.28. The Morgan fingerprint density at radius 3 is 2.37 bits per heavy atom. The lowest BCUT2D eigenvalue weighted by Gasteiger charge is -2.42. The van der Waals surface area contributed by atoms with Crippen LogP contribution in [0.5, 0.6) is 0 Å². The van der Waals surface area contributed by atoms with Gasteiger partial charge in [-0.25, -0.2) is 22.2 Å². The first kappa shape index (κ1) is 20.6. The maximum atomic E-state index is 13.5. The molecule has 3 heterocycles. The summed E-state index contributed by atoms with van der Waals surface area (Å²) in [4.78, 5) is 18.0. The van der Waals surface area contributed by atoms with Gasteiger partial charge >= 0.3 is 0 Å². The van der Waals surface area contributed by atoms with Crippen molar-refractivity contribution in [1.29, 1.82) is 0 Å². The summed E-state index contributed by atoms with van der Waals surface area (Å²) in [5.41, 5.74) is 2.13. The molecule has 1 amide bonds. The zero-order valence-electron chi connectivity index (χ0n) is 15.8. The van der Waals surface area contributed by atoms with Gasteiger partial charge in [-0.15, -0.1) is 0 Å². The number of aromatic nitrogens is 1. The molecule has 2 aliphatic heterocycles. The van der Waals surface area contributed by atoms with Crippen molar-refractivity contribution in [3.63, 3.8) is 0 Å². The summed E-state index contributed by atoms with van der Waals surface area (Å²) in [7, 11) is -3.64. The monoisotopic (exact) mass is 435 g/mol. The second-order valence-electron chi connectivity index (χ2n) is 7.25. The van der Waals surface area contributed by atoms with Gasteiger partial charge in [0.25, 0.3) is 10.0 Å². The number of aliphatic hydroxyl groups is 1. The normalized spacial score (nSPS) is 18.0. The number of nitrogens with zero attached hydrogens (tertiary/aromatic N) is 3. The van der Waals surface area contributed by atoms with Gasteiger partial charge in [-0.1, -0.05) is 12.1 Å². The van der Waals surface area contributed by atoms with Crippen molar-refractivity contribution in [1.82, 2.24) is 14.2 Å². The number of carbonyl (C=O) groups is 1. The lowest BCUT2D eigenvalue weighted by atomic mass is 9.92. The number of pyridine rings is 1. The number of hydrogen-bond acceptors (Lipinski definition) is 5. The van der Waals surface area contributed by atoms with Gasteiger partial charge < -0.3 is 10.0 Å². The summed E-state index contributed by atoms with van der Waals surface area (Å²) in [6.45, 7) is 0.631. The first-order chi connectivity index (χ1) is 14.3. The Hall–Kier alpha value is -2.69. The molecule has 0 spiro atoms. The molecule has 2 aliphatic rings. The number of aliphatic hydroxyl groups excluding tert-OH is 1. The summed E-state index contributed by atoms with van der Waals surface area (Å²) in [5.74, 6) is -3.46. The van der Waals surface area contributed by atoms with Crippen LogP contribution >= 0.6 is 0 Å². The quantitative estimate of drug-likeness (QED) is 0.715. The molecule has 4 rings (SSSR count). The average Bonchev–Trinajstić information content (AvgIpc) is 2.66. The van der Waals surface area contributed by atoms with Crippen molar-refractivity contribution in [3.05, 3.63) is 70.9 Å². The van der Waals surface area contributed by atoms with E-state index in [1.165, 1.54) is 27.5 Å². The molecule has 0 bridgehead atoms. The Labute approximate surface area is 172 Å². The fourth-order valence-corrected chi connectivity index (χ4v) is 4.84. The van der Waals surface area contributed by atoms with E-state index in [9.17, 15) is 27.1 Å². The third kappa shape index (κ3) is 3.62. The number of likely N-dealkylation sites (tertiary alicyclic amines) is 1. The number of benzene rings is 1. The molecule has 1 aromatic heterocycles. The van der Waals surface area contributed by atoms with Gasteiger partial charge in [0.05, 0.1) is 12.5 Å². The predicted molar refractivity (Wildman–Crippen MR) is 103 cm³/mol. The van der Waals surface area contributed by atoms with Gasteiger partial charge in [-0.05, 0) is 41.0 Å². The van der Waals surface area contributed by atoms with Crippen LogP contribution in [0.3, 0.4) is 0 Å². The van der Waals surface area contributed by atoms with Crippen LogP contribution in [0.25, 0.3) is 0 Å². The molecule has 30 heavy (non-hydrogen) atoms. The first-order valence-electron chi connectivity index (χ1n) is 9.27. The molecule has 7 nitrogen and oxygen atoms in total. The largest absolute Gasteiger partial charge is 0.395 e. The lowest BCUT2D eigenvalue weighted by molar-refractivity contribution is -0.135. The fourth-order valence-electron chi connectivity index (χ4n) is 3.47. The van der Waals surface area contributed by atoms with E-state index in [0.29, 0.717) is 13.1 Å². The van der Waals surface area contributed by atoms with Gasteiger partial charge in [-0.3, -0.25) is 4.79 Å². The van der Waals surface area contributed by atoms with Crippen LogP contribution in [-0.2, 0) is 14.8 Å². The SMILES string of the molecule is O=C(C(CO)c1ccc(F)c(F)c1)N1CC(=C2CN(S(=O)(=O)c3ccccn3)C2)C1. The molecule has 1 aromatic carbocycles. The zero-order valence-corrected chi connectivity index (χ0v) is 16.6.